The number of hydrogen-bond acceptors (Lipinski definition) is 6. The number of rotatable bonds is 48. The topological polar surface area (TPSA) is 76.2 Å². The van der Waals surface area contributed by atoms with Crippen molar-refractivity contribution in [2.24, 2.45) is 0 Å². The predicted octanol–water partition coefficient (Wildman–Crippen LogP) is 15.5. The molecule has 0 aromatic heterocycles. The van der Waals surface area contributed by atoms with Gasteiger partial charge in [-0.25, -0.2) is 0 Å². The van der Waals surface area contributed by atoms with Crippen LogP contribution in [0.25, 0.3) is 0 Å². The van der Waals surface area contributed by atoms with E-state index in [1.165, 1.54) is 154 Å². The van der Waals surface area contributed by atoms with Gasteiger partial charge in [-0.2, -0.15) is 0 Å². The van der Waals surface area contributed by atoms with Crippen LogP contribution in [0.5, 0.6) is 0 Å². The molecule has 0 rings (SSSR count). The minimum atomic E-state index is 0.0113. The van der Waals surface area contributed by atoms with E-state index in [-0.39, 0.29) is 24.1 Å². The second-order valence-corrected chi connectivity index (χ2v) is 18.8. The average Bonchev–Trinajstić information content (AvgIpc) is 3.23. The third-order valence-corrected chi connectivity index (χ3v) is 12.6. The first kappa shape index (κ1) is 58.4. The van der Waals surface area contributed by atoms with Gasteiger partial charge in [0.2, 0.25) is 6.41 Å². The predicted molar refractivity (Wildman–Crippen MR) is 258 cm³/mol. The molecule has 0 heterocycles. The van der Waals surface area contributed by atoms with Crippen molar-refractivity contribution in [2.75, 3.05) is 27.2 Å². The van der Waals surface area contributed by atoms with Crippen molar-refractivity contribution >= 4 is 18.3 Å². The minimum absolute atomic E-state index is 0.0113. The summed E-state index contributed by atoms with van der Waals surface area (Å²) in [6.07, 6.45) is 45.5. The fourth-order valence-electron chi connectivity index (χ4n) is 8.64. The maximum absolute atomic E-state index is 12.7. The number of esters is 2. The van der Waals surface area contributed by atoms with Crippen LogP contribution in [-0.4, -0.2) is 73.6 Å². The molecule has 356 valence electrons. The summed E-state index contributed by atoms with van der Waals surface area (Å²) >= 11 is 0. The van der Waals surface area contributed by atoms with Crippen molar-refractivity contribution in [2.45, 2.75) is 296 Å². The molecule has 7 heteroatoms. The second kappa shape index (κ2) is 45.4. The average molecular weight is 849 g/mol. The largest absolute Gasteiger partial charge is 0.462 e. The number of hydrogen-bond donors (Lipinski definition) is 0. The Morgan fingerprint density at radius 1 is 0.400 bits per heavy atom. The molecule has 0 saturated heterocycles. The Morgan fingerprint density at radius 2 is 0.700 bits per heavy atom. The third kappa shape index (κ3) is 39.2. The molecule has 0 radical (unpaired) electrons. The fourth-order valence-corrected chi connectivity index (χ4v) is 8.64. The summed E-state index contributed by atoms with van der Waals surface area (Å²) < 4.78 is 12.0. The molecule has 0 aliphatic rings. The van der Waals surface area contributed by atoms with Crippen molar-refractivity contribution in [1.29, 1.82) is 0 Å². The highest BCUT2D eigenvalue weighted by Gasteiger charge is 2.18. The van der Waals surface area contributed by atoms with Crippen molar-refractivity contribution in [1.82, 2.24) is 9.80 Å². The van der Waals surface area contributed by atoms with E-state index in [0.29, 0.717) is 18.9 Å². The van der Waals surface area contributed by atoms with Crippen LogP contribution in [0.2, 0.25) is 0 Å². The quantitative estimate of drug-likeness (QED) is 0.0345. The monoisotopic (exact) mass is 849 g/mol. The number of nitrogens with zero attached hydrogens (tertiary/aromatic N) is 2. The Morgan fingerprint density at radius 3 is 1.03 bits per heavy atom. The molecule has 0 fully saturated rings. The maximum Gasteiger partial charge on any atom is 0.306 e. The molecular weight excluding hydrogens is 745 g/mol. The molecule has 0 aliphatic carbocycles. The smallest absolute Gasteiger partial charge is 0.306 e. The molecule has 7 nitrogen and oxygen atoms in total. The zero-order valence-corrected chi connectivity index (χ0v) is 41.2. The van der Waals surface area contributed by atoms with Gasteiger partial charge in [0.15, 0.2) is 0 Å². The van der Waals surface area contributed by atoms with Crippen molar-refractivity contribution in [3.8, 4) is 0 Å². The molecule has 0 aromatic rings. The molecule has 2 unspecified atom stereocenters. The molecule has 0 N–H and O–H groups in total. The highest BCUT2D eigenvalue weighted by molar-refractivity contribution is 5.69. The zero-order valence-electron chi connectivity index (χ0n) is 41.2. The van der Waals surface area contributed by atoms with Crippen LogP contribution in [0.3, 0.4) is 0 Å². The highest BCUT2D eigenvalue weighted by atomic mass is 16.5. The van der Waals surface area contributed by atoms with Gasteiger partial charge >= 0.3 is 11.9 Å². The summed E-state index contributed by atoms with van der Waals surface area (Å²) in [5.41, 5.74) is 0. The van der Waals surface area contributed by atoms with Gasteiger partial charge in [-0.1, -0.05) is 182 Å². The normalized spacial score (nSPS) is 12.6. The van der Waals surface area contributed by atoms with Gasteiger partial charge in [-0.15, -0.1) is 0 Å². The highest BCUT2D eigenvalue weighted by Crippen LogP contribution is 2.21. The Bertz CT molecular complexity index is 917. The standard InChI is InChI=1S/C53H104N2O5/c1-7-11-15-24-34-43-51(42-33-18-14-10-4)60-53(58)45-36-28-23-22-26-30-39-49(55(48-56)47-37-46-54(5)6)38-29-25-20-19-21-27-35-44-52(57)59-50(40-31-16-12-8-2)41-32-17-13-9-3/h48-51H,7-47H2,1-6H3. The lowest BCUT2D eigenvalue weighted by Crippen LogP contribution is -2.36. The van der Waals surface area contributed by atoms with Crippen LogP contribution in [0.15, 0.2) is 0 Å². The molecule has 0 saturated carbocycles. The summed E-state index contributed by atoms with van der Waals surface area (Å²) in [5, 5.41) is 0. The van der Waals surface area contributed by atoms with Crippen LogP contribution in [0.4, 0.5) is 0 Å². The summed E-state index contributed by atoms with van der Waals surface area (Å²) in [6, 6.07) is 0.328. The lowest BCUT2D eigenvalue weighted by Gasteiger charge is -2.29. The molecule has 0 bridgehead atoms. The zero-order chi connectivity index (χ0) is 44.2. The molecular formula is C53H104N2O5. The van der Waals surface area contributed by atoms with Gasteiger partial charge in [0, 0.05) is 25.4 Å². The number of carbonyl (C=O) groups is 3. The second-order valence-electron chi connectivity index (χ2n) is 18.8. The lowest BCUT2D eigenvalue weighted by atomic mass is 9.98. The van der Waals surface area contributed by atoms with E-state index in [4.69, 9.17) is 9.47 Å². The number of carbonyl (C=O) groups excluding carboxylic acids is 3. The van der Waals surface area contributed by atoms with E-state index in [0.717, 1.165) is 103 Å². The van der Waals surface area contributed by atoms with Gasteiger partial charge in [0.05, 0.1) is 0 Å². The lowest BCUT2D eigenvalue weighted by molar-refractivity contribution is -0.151. The van der Waals surface area contributed by atoms with Crippen LogP contribution in [0.1, 0.15) is 278 Å². The molecule has 0 aliphatic heterocycles. The first-order chi connectivity index (χ1) is 29.3. The summed E-state index contributed by atoms with van der Waals surface area (Å²) in [4.78, 5) is 41.9. The van der Waals surface area contributed by atoms with Gasteiger partial charge in [-0.05, 0) is 104 Å². The van der Waals surface area contributed by atoms with Crippen LogP contribution in [0, 0.1) is 0 Å². The molecule has 0 spiro atoms. The number of ether oxygens (including phenoxy) is 2. The van der Waals surface area contributed by atoms with E-state index in [9.17, 15) is 14.4 Å². The van der Waals surface area contributed by atoms with Crippen molar-refractivity contribution < 1.29 is 23.9 Å². The van der Waals surface area contributed by atoms with Crippen molar-refractivity contribution in [3.05, 3.63) is 0 Å². The van der Waals surface area contributed by atoms with Gasteiger partial charge in [0.1, 0.15) is 12.2 Å². The molecule has 60 heavy (non-hydrogen) atoms. The number of amides is 1. The Labute approximate surface area is 374 Å². The molecule has 1 amide bonds. The molecule has 0 aromatic carbocycles. The SMILES string of the molecule is CCCCCCCC(CCCCCC)OC(=O)CCCCCCCCC(CCCCCCCCCC(=O)OC(CCCCCC)CCCCCC)N(C=O)CCCN(C)C. The van der Waals surface area contributed by atoms with Crippen LogP contribution >= 0.6 is 0 Å². The van der Waals surface area contributed by atoms with Gasteiger partial charge < -0.3 is 19.3 Å². The molecule has 2 atom stereocenters. The summed E-state index contributed by atoms with van der Waals surface area (Å²) in [5.74, 6) is 0.0248. The van der Waals surface area contributed by atoms with Crippen LogP contribution < -0.4 is 0 Å². The first-order valence-electron chi connectivity index (χ1n) is 26.6. The Hall–Kier alpha value is -1.63. The van der Waals surface area contributed by atoms with E-state index in [1.54, 1.807) is 0 Å². The first-order valence-corrected chi connectivity index (χ1v) is 26.6. The summed E-state index contributed by atoms with van der Waals surface area (Å²) in [7, 11) is 4.20. The minimum Gasteiger partial charge on any atom is -0.462 e. The Kier molecular flexibility index (Phi) is 44.2. The summed E-state index contributed by atoms with van der Waals surface area (Å²) in [6.45, 7) is 10.8. The van der Waals surface area contributed by atoms with Crippen molar-refractivity contribution in [3.63, 3.8) is 0 Å². The Balaban J connectivity index is 4.48. The van der Waals surface area contributed by atoms with E-state index >= 15 is 0 Å². The maximum atomic E-state index is 12.7. The van der Waals surface area contributed by atoms with Gasteiger partial charge in [0.25, 0.3) is 0 Å². The van der Waals surface area contributed by atoms with E-state index in [1.807, 2.05) is 0 Å². The van der Waals surface area contributed by atoms with Gasteiger partial charge in [-0.3, -0.25) is 14.4 Å². The number of unbranched alkanes of at least 4 members (excludes halogenated alkanes) is 24. The third-order valence-electron chi connectivity index (χ3n) is 12.6. The van der Waals surface area contributed by atoms with E-state index < -0.39 is 0 Å². The fraction of sp³-hybridized carbons (Fsp3) is 0.943. The van der Waals surface area contributed by atoms with Crippen LogP contribution in [-0.2, 0) is 23.9 Å². The van der Waals surface area contributed by atoms with E-state index in [2.05, 4.69) is 51.6 Å².